The number of aromatic nitrogens is 1. The number of rotatable bonds is 5. The number of carbonyl (C=O) groups is 1. The average molecular weight is 390 g/mol. The number of ether oxygens (including phenoxy) is 2. The van der Waals surface area contributed by atoms with Crippen molar-refractivity contribution in [1.29, 1.82) is 0 Å². The lowest BCUT2D eigenvalue weighted by atomic mass is 9.86. The maximum atomic E-state index is 11.8. The van der Waals surface area contributed by atoms with Crippen LogP contribution in [0.1, 0.15) is 50.5 Å². The van der Waals surface area contributed by atoms with E-state index in [2.05, 4.69) is 10.3 Å². The Bertz CT molecular complexity index is 783. The molecule has 1 saturated carbocycles. The Balaban J connectivity index is 1.61. The summed E-state index contributed by atoms with van der Waals surface area (Å²) in [5.41, 5.74) is 7.54. The van der Waals surface area contributed by atoms with Crippen molar-refractivity contribution in [2.24, 2.45) is 0 Å². The SMILES string of the molecule is COc1cc(N)ccc1-c1cnc([C@H]2CC[C@H](NC(=O)OC(C)C)CC2)s1. The van der Waals surface area contributed by atoms with Gasteiger partial charge in [0.25, 0.3) is 0 Å². The van der Waals surface area contributed by atoms with Crippen LogP contribution < -0.4 is 15.8 Å². The molecule has 0 saturated heterocycles. The molecule has 146 valence electrons. The molecule has 0 radical (unpaired) electrons. The number of alkyl carbamates (subject to hydrolysis) is 1. The second-order valence-electron chi connectivity index (χ2n) is 7.17. The van der Waals surface area contributed by atoms with Gasteiger partial charge in [0.05, 0.1) is 23.1 Å². The Morgan fingerprint density at radius 2 is 2.04 bits per heavy atom. The fourth-order valence-corrected chi connectivity index (χ4v) is 4.53. The number of amides is 1. The number of methoxy groups -OCH3 is 1. The number of anilines is 1. The Labute approximate surface area is 164 Å². The average Bonchev–Trinajstić information content (AvgIpc) is 3.11. The molecule has 0 bridgehead atoms. The number of nitrogens with two attached hydrogens (primary N) is 1. The van der Waals surface area contributed by atoms with E-state index < -0.39 is 0 Å². The van der Waals surface area contributed by atoms with Crippen LogP contribution in [0.4, 0.5) is 10.5 Å². The van der Waals surface area contributed by atoms with E-state index in [1.165, 1.54) is 0 Å². The van der Waals surface area contributed by atoms with Gasteiger partial charge in [-0.25, -0.2) is 9.78 Å². The normalized spacial score (nSPS) is 19.7. The van der Waals surface area contributed by atoms with Crippen LogP contribution >= 0.6 is 11.3 Å². The van der Waals surface area contributed by atoms with E-state index in [1.807, 2.05) is 38.2 Å². The number of benzene rings is 1. The lowest BCUT2D eigenvalue weighted by Crippen LogP contribution is -2.38. The molecule has 0 unspecified atom stereocenters. The van der Waals surface area contributed by atoms with Crippen LogP contribution in [0, 0.1) is 0 Å². The first-order chi connectivity index (χ1) is 13.0. The molecular formula is C20H27N3O3S. The van der Waals surface area contributed by atoms with Gasteiger partial charge in [-0.2, -0.15) is 0 Å². The van der Waals surface area contributed by atoms with Crippen molar-refractivity contribution < 1.29 is 14.3 Å². The van der Waals surface area contributed by atoms with Crippen LogP contribution in [0.25, 0.3) is 10.4 Å². The zero-order chi connectivity index (χ0) is 19.4. The molecule has 1 fully saturated rings. The van der Waals surface area contributed by atoms with Crippen LogP contribution in [0.15, 0.2) is 24.4 Å². The van der Waals surface area contributed by atoms with Crippen molar-refractivity contribution in [2.45, 2.75) is 57.6 Å². The summed E-state index contributed by atoms with van der Waals surface area (Å²) in [6.45, 7) is 3.71. The third-order valence-corrected chi connectivity index (χ3v) is 5.95. The summed E-state index contributed by atoms with van der Waals surface area (Å²) in [5, 5.41) is 4.11. The van der Waals surface area contributed by atoms with Crippen LogP contribution in [0.2, 0.25) is 0 Å². The summed E-state index contributed by atoms with van der Waals surface area (Å²) in [7, 11) is 1.65. The van der Waals surface area contributed by atoms with Gasteiger partial charge >= 0.3 is 6.09 Å². The number of nitrogens with one attached hydrogen (secondary N) is 1. The highest BCUT2D eigenvalue weighted by Crippen LogP contribution is 2.40. The van der Waals surface area contributed by atoms with E-state index in [0.29, 0.717) is 11.6 Å². The molecule has 7 heteroatoms. The number of nitrogen functional groups attached to an aromatic ring is 1. The molecule has 3 N–H and O–H groups in total. The summed E-state index contributed by atoms with van der Waals surface area (Å²) in [5.74, 6) is 1.20. The molecule has 1 aromatic carbocycles. The van der Waals surface area contributed by atoms with E-state index >= 15 is 0 Å². The maximum absolute atomic E-state index is 11.8. The minimum absolute atomic E-state index is 0.0968. The molecule has 1 amide bonds. The van der Waals surface area contributed by atoms with E-state index in [9.17, 15) is 4.79 Å². The lowest BCUT2D eigenvalue weighted by Gasteiger charge is -2.28. The standard InChI is InChI=1S/C20H27N3O3S/c1-12(2)26-20(24)23-15-7-4-13(5-8-15)19-22-11-18(27-19)16-9-6-14(21)10-17(16)25-3/h6,9-13,15H,4-5,7-8,21H2,1-3H3,(H,23,24)/t13-,15-. The summed E-state index contributed by atoms with van der Waals surface area (Å²) in [6.07, 6.45) is 5.41. The molecular weight excluding hydrogens is 362 g/mol. The molecule has 1 aliphatic rings. The Morgan fingerprint density at radius 3 is 2.70 bits per heavy atom. The molecule has 1 aromatic heterocycles. The van der Waals surface area contributed by atoms with Gasteiger partial charge in [-0.15, -0.1) is 11.3 Å². The minimum Gasteiger partial charge on any atom is -0.496 e. The van der Waals surface area contributed by atoms with E-state index in [1.54, 1.807) is 18.4 Å². The van der Waals surface area contributed by atoms with Crippen LogP contribution in [0.3, 0.4) is 0 Å². The highest BCUT2D eigenvalue weighted by molar-refractivity contribution is 7.15. The third kappa shape index (κ3) is 4.91. The molecule has 2 aromatic rings. The first-order valence-electron chi connectivity index (χ1n) is 9.33. The third-order valence-electron chi connectivity index (χ3n) is 4.76. The van der Waals surface area contributed by atoms with Crippen molar-refractivity contribution in [2.75, 3.05) is 12.8 Å². The van der Waals surface area contributed by atoms with Crippen LogP contribution in [-0.2, 0) is 4.74 Å². The molecule has 0 atom stereocenters. The zero-order valence-electron chi connectivity index (χ0n) is 16.0. The number of thiazole rings is 1. The predicted octanol–water partition coefficient (Wildman–Crippen LogP) is 4.56. The van der Waals surface area contributed by atoms with Crippen molar-refractivity contribution in [3.05, 3.63) is 29.4 Å². The topological polar surface area (TPSA) is 86.5 Å². The lowest BCUT2D eigenvalue weighted by molar-refractivity contribution is 0.109. The molecule has 27 heavy (non-hydrogen) atoms. The van der Waals surface area contributed by atoms with Crippen molar-refractivity contribution in [1.82, 2.24) is 10.3 Å². The van der Waals surface area contributed by atoms with Gasteiger partial charge < -0.3 is 20.5 Å². The molecule has 3 rings (SSSR count). The molecule has 6 nitrogen and oxygen atoms in total. The fourth-order valence-electron chi connectivity index (χ4n) is 3.41. The smallest absolute Gasteiger partial charge is 0.407 e. The van der Waals surface area contributed by atoms with Gasteiger partial charge in [0.15, 0.2) is 0 Å². The van der Waals surface area contributed by atoms with E-state index in [-0.39, 0.29) is 18.2 Å². The van der Waals surface area contributed by atoms with Gasteiger partial charge in [0, 0.05) is 35.5 Å². The minimum atomic E-state index is -0.319. The largest absolute Gasteiger partial charge is 0.496 e. The first-order valence-corrected chi connectivity index (χ1v) is 10.1. The quantitative estimate of drug-likeness (QED) is 0.732. The summed E-state index contributed by atoms with van der Waals surface area (Å²) in [6, 6.07) is 5.88. The molecule has 0 aliphatic heterocycles. The highest BCUT2D eigenvalue weighted by Gasteiger charge is 2.26. The van der Waals surface area contributed by atoms with Gasteiger partial charge in [-0.05, 0) is 51.7 Å². The fraction of sp³-hybridized carbons (Fsp3) is 0.500. The number of nitrogens with zero attached hydrogens (tertiary/aromatic N) is 1. The zero-order valence-corrected chi connectivity index (χ0v) is 16.8. The Hall–Kier alpha value is -2.28. The van der Waals surface area contributed by atoms with Gasteiger partial charge in [0.1, 0.15) is 5.75 Å². The van der Waals surface area contributed by atoms with Crippen LogP contribution in [0.5, 0.6) is 5.75 Å². The van der Waals surface area contributed by atoms with Crippen molar-refractivity contribution in [3.8, 4) is 16.2 Å². The predicted molar refractivity (Wildman–Crippen MR) is 108 cm³/mol. The second-order valence-corrected chi connectivity index (χ2v) is 8.23. The maximum Gasteiger partial charge on any atom is 0.407 e. The summed E-state index contributed by atoms with van der Waals surface area (Å²) < 4.78 is 10.6. The number of hydrogen-bond acceptors (Lipinski definition) is 6. The van der Waals surface area contributed by atoms with Gasteiger partial charge in [-0.1, -0.05) is 0 Å². The molecule has 1 heterocycles. The first kappa shape index (κ1) is 19.5. The summed E-state index contributed by atoms with van der Waals surface area (Å²) in [4.78, 5) is 17.5. The Morgan fingerprint density at radius 1 is 1.30 bits per heavy atom. The van der Waals surface area contributed by atoms with Crippen molar-refractivity contribution in [3.63, 3.8) is 0 Å². The highest BCUT2D eigenvalue weighted by atomic mass is 32.1. The molecule has 1 aliphatic carbocycles. The van der Waals surface area contributed by atoms with Crippen LogP contribution in [-0.4, -0.2) is 30.3 Å². The van der Waals surface area contributed by atoms with Gasteiger partial charge in [0.2, 0.25) is 0 Å². The Kier molecular flexibility index (Phi) is 6.21. The van der Waals surface area contributed by atoms with Gasteiger partial charge in [-0.3, -0.25) is 0 Å². The number of carbonyl (C=O) groups excluding carboxylic acids is 1. The summed E-state index contributed by atoms with van der Waals surface area (Å²) >= 11 is 1.71. The molecule has 0 spiro atoms. The second kappa shape index (κ2) is 8.61. The van der Waals surface area contributed by atoms with E-state index in [4.69, 9.17) is 15.2 Å². The monoisotopic (exact) mass is 389 g/mol. The van der Waals surface area contributed by atoms with E-state index in [0.717, 1.165) is 46.9 Å². The van der Waals surface area contributed by atoms with Crippen molar-refractivity contribution >= 4 is 23.1 Å². The number of hydrogen-bond donors (Lipinski definition) is 2.